The van der Waals surface area contributed by atoms with Crippen molar-refractivity contribution in [3.8, 4) is 0 Å². The number of hydrogen-bond acceptors (Lipinski definition) is 3. The van der Waals surface area contributed by atoms with Crippen LogP contribution in [0.1, 0.15) is 30.9 Å². The van der Waals surface area contributed by atoms with Crippen LogP contribution in [-0.2, 0) is 4.74 Å². The van der Waals surface area contributed by atoms with Gasteiger partial charge >= 0.3 is 0 Å². The van der Waals surface area contributed by atoms with E-state index in [1.165, 1.54) is 5.69 Å². The normalized spacial score (nSPS) is 28.9. The molecule has 1 aromatic carbocycles. The second kappa shape index (κ2) is 4.67. The number of rotatable bonds is 1. The van der Waals surface area contributed by atoms with E-state index in [4.69, 9.17) is 4.74 Å². The first kappa shape index (κ1) is 11.1. The number of fused-ring (bicyclic) bond motifs is 1. The molecule has 2 heterocycles. The summed E-state index contributed by atoms with van der Waals surface area (Å²) < 4.78 is 5.49. The monoisotopic (exact) mass is 233 g/mol. The summed E-state index contributed by atoms with van der Waals surface area (Å²) in [6.07, 6.45) is 2.70. The average Bonchev–Trinajstić information content (AvgIpc) is 2.83. The molecule has 0 bridgehead atoms. The molecule has 0 aliphatic carbocycles. The summed E-state index contributed by atoms with van der Waals surface area (Å²) >= 11 is 0. The zero-order valence-electron chi connectivity index (χ0n) is 10.0. The lowest BCUT2D eigenvalue weighted by atomic mass is 10.0. The Kier molecular flexibility index (Phi) is 3.04. The van der Waals surface area contributed by atoms with Crippen molar-refractivity contribution in [3.05, 3.63) is 29.8 Å². The number of ether oxygens (including phenoxy) is 1. The highest BCUT2D eigenvalue weighted by Gasteiger charge is 2.28. The van der Waals surface area contributed by atoms with Crippen LogP contribution in [0.15, 0.2) is 24.3 Å². The van der Waals surface area contributed by atoms with E-state index in [-0.39, 0.29) is 6.10 Å². The van der Waals surface area contributed by atoms with E-state index < -0.39 is 0 Å². The maximum Gasteiger partial charge on any atom is 0.0810 e. The summed E-state index contributed by atoms with van der Waals surface area (Å²) in [7, 11) is 0. The van der Waals surface area contributed by atoms with Gasteiger partial charge in [-0.2, -0.15) is 0 Å². The standard InChI is InChI=1S/C14H19NO2/c16-14-6-3-8-15(11-7-9-17-10-11)13-5-2-1-4-12(13)14/h1-2,4-5,11,14,16H,3,6-10H2. The van der Waals surface area contributed by atoms with Gasteiger partial charge in [-0.1, -0.05) is 18.2 Å². The van der Waals surface area contributed by atoms with Crippen molar-refractivity contribution in [2.24, 2.45) is 0 Å². The van der Waals surface area contributed by atoms with Crippen LogP contribution in [0, 0.1) is 0 Å². The fraction of sp³-hybridized carbons (Fsp3) is 0.571. The lowest BCUT2D eigenvalue weighted by Gasteiger charge is -2.30. The minimum atomic E-state index is -0.307. The molecule has 92 valence electrons. The molecule has 0 amide bonds. The third kappa shape index (κ3) is 2.05. The van der Waals surface area contributed by atoms with E-state index in [0.717, 1.165) is 44.6 Å². The Morgan fingerprint density at radius 1 is 1.24 bits per heavy atom. The first-order chi connectivity index (χ1) is 8.36. The predicted octanol–water partition coefficient (Wildman–Crippen LogP) is 2.11. The van der Waals surface area contributed by atoms with Gasteiger partial charge in [0.15, 0.2) is 0 Å². The summed E-state index contributed by atoms with van der Waals surface area (Å²) in [6.45, 7) is 2.72. The van der Waals surface area contributed by atoms with Crippen molar-refractivity contribution in [2.45, 2.75) is 31.4 Å². The summed E-state index contributed by atoms with van der Waals surface area (Å²) in [5.74, 6) is 0. The minimum absolute atomic E-state index is 0.307. The van der Waals surface area contributed by atoms with Gasteiger partial charge in [0.2, 0.25) is 0 Å². The molecule has 3 nitrogen and oxygen atoms in total. The number of para-hydroxylation sites is 1. The van der Waals surface area contributed by atoms with E-state index in [9.17, 15) is 5.11 Å². The van der Waals surface area contributed by atoms with E-state index in [1.807, 2.05) is 12.1 Å². The molecule has 0 radical (unpaired) electrons. The summed E-state index contributed by atoms with van der Waals surface area (Å²) in [5.41, 5.74) is 2.28. The van der Waals surface area contributed by atoms with Gasteiger partial charge in [-0.3, -0.25) is 0 Å². The number of hydrogen-bond donors (Lipinski definition) is 1. The van der Waals surface area contributed by atoms with Gasteiger partial charge in [0.1, 0.15) is 0 Å². The first-order valence-corrected chi connectivity index (χ1v) is 6.47. The van der Waals surface area contributed by atoms with E-state index in [1.54, 1.807) is 0 Å². The fourth-order valence-corrected chi connectivity index (χ4v) is 2.91. The second-order valence-electron chi connectivity index (χ2n) is 4.93. The van der Waals surface area contributed by atoms with Crippen LogP contribution in [0.2, 0.25) is 0 Å². The summed E-state index contributed by atoms with van der Waals surface area (Å²) in [4.78, 5) is 2.43. The summed E-state index contributed by atoms with van der Waals surface area (Å²) in [6, 6.07) is 8.73. The third-order valence-electron chi connectivity index (χ3n) is 3.83. The topological polar surface area (TPSA) is 32.7 Å². The van der Waals surface area contributed by atoms with E-state index in [2.05, 4.69) is 17.0 Å². The second-order valence-corrected chi connectivity index (χ2v) is 4.93. The molecule has 17 heavy (non-hydrogen) atoms. The Bertz CT molecular complexity index is 388. The van der Waals surface area contributed by atoms with Crippen molar-refractivity contribution in [1.29, 1.82) is 0 Å². The Morgan fingerprint density at radius 2 is 2.12 bits per heavy atom. The molecule has 1 N–H and O–H groups in total. The molecule has 1 fully saturated rings. The lowest BCUT2D eigenvalue weighted by molar-refractivity contribution is 0.168. The highest BCUT2D eigenvalue weighted by atomic mass is 16.5. The largest absolute Gasteiger partial charge is 0.388 e. The maximum absolute atomic E-state index is 10.1. The molecular formula is C14H19NO2. The molecule has 0 saturated carbocycles. The molecule has 2 atom stereocenters. The smallest absolute Gasteiger partial charge is 0.0810 e. The van der Waals surface area contributed by atoms with Crippen molar-refractivity contribution in [3.63, 3.8) is 0 Å². The molecule has 2 aliphatic heterocycles. The van der Waals surface area contributed by atoms with Gasteiger partial charge in [0.05, 0.1) is 18.8 Å². The average molecular weight is 233 g/mol. The highest BCUT2D eigenvalue weighted by molar-refractivity contribution is 5.56. The lowest BCUT2D eigenvalue weighted by Crippen LogP contribution is -2.36. The van der Waals surface area contributed by atoms with Crippen LogP contribution in [0.25, 0.3) is 0 Å². The number of benzene rings is 1. The fourth-order valence-electron chi connectivity index (χ4n) is 2.91. The van der Waals surface area contributed by atoms with Gasteiger partial charge in [-0.25, -0.2) is 0 Å². The number of aliphatic hydroxyl groups excluding tert-OH is 1. The Morgan fingerprint density at radius 3 is 2.94 bits per heavy atom. The molecule has 0 spiro atoms. The maximum atomic E-state index is 10.1. The molecule has 3 rings (SSSR count). The molecule has 2 aliphatic rings. The molecule has 2 unspecified atom stereocenters. The van der Waals surface area contributed by atoms with Gasteiger partial charge < -0.3 is 14.7 Å². The SMILES string of the molecule is OC1CCCN(C2CCOC2)c2ccccc21. The van der Waals surface area contributed by atoms with E-state index in [0.29, 0.717) is 6.04 Å². The van der Waals surface area contributed by atoms with Gasteiger partial charge in [-0.05, 0) is 25.3 Å². The van der Waals surface area contributed by atoms with Crippen molar-refractivity contribution in [1.82, 2.24) is 0 Å². The zero-order chi connectivity index (χ0) is 11.7. The molecular weight excluding hydrogens is 214 g/mol. The van der Waals surface area contributed by atoms with Crippen LogP contribution in [0.5, 0.6) is 0 Å². The molecule has 1 saturated heterocycles. The zero-order valence-corrected chi connectivity index (χ0v) is 10.0. The van der Waals surface area contributed by atoms with Crippen molar-refractivity contribution in [2.75, 3.05) is 24.7 Å². The third-order valence-corrected chi connectivity index (χ3v) is 3.83. The van der Waals surface area contributed by atoms with E-state index >= 15 is 0 Å². The highest BCUT2D eigenvalue weighted by Crippen LogP contribution is 2.34. The van der Waals surface area contributed by atoms with Gasteiger partial charge in [0, 0.05) is 24.4 Å². The quantitative estimate of drug-likeness (QED) is 0.806. The van der Waals surface area contributed by atoms with Crippen LogP contribution >= 0.6 is 0 Å². The number of anilines is 1. The Balaban J connectivity index is 1.96. The van der Waals surface area contributed by atoms with Crippen LogP contribution in [0.4, 0.5) is 5.69 Å². The predicted molar refractivity (Wildman–Crippen MR) is 67.2 cm³/mol. The number of aliphatic hydroxyl groups is 1. The van der Waals surface area contributed by atoms with Crippen molar-refractivity contribution >= 4 is 5.69 Å². The molecule has 1 aromatic rings. The molecule has 0 aromatic heterocycles. The van der Waals surface area contributed by atoms with Gasteiger partial charge in [-0.15, -0.1) is 0 Å². The number of nitrogens with zero attached hydrogens (tertiary/aromatic N) is 1. The van der Waals surface area contributed by atoms with Crippen LogP contribution in [-0.4, -0.2) is 30.9 Å². The van der Waals surface area contributed by atoms with Crippen LogP contribution < -0.4 is 4.90 Å². The Hall–Kier alpha value is -1.06. The Labute approximate surface area is 102 Å². The molecule has 3 heteroatoms. The summed E-state index contributed by atoms with van der Waals surface area (Å²) in [5, 5.41) is 10.1. The minimum Gasteiger partial charge on any atom is -0.388 e. The van der Waals surface area contributed by atoms with Gasteiger partial charge in [0.25, 0.3) is 0 Å². The first-order valence-electron chi connectivity index (χ1n) is 6.47. The van der Waals surface area contributed by atoms with Crippen molar-refractivity contribution < 1.29 is 9.84 Å². The van der Waals surface area contributed by atoms with Crippen LogP contribution in [0.3, 0.4) is 0 Å².